The molecule has 26 heavy (non-hydrogen) atoms. The van der Waals surface area contributed by atoms with Crippen LogP contribution in [0.1, 0.15) is 39.0 Å². The smallest absolute Gasteiger partial charge is 0.234 e. The zero-order valence-electron chi connectivity index (χ0n) is 14.8. The molecular weight excluding hydrogens is 346 g/mol. The lowest BCUT2D eigenvalue weighted by atomic mass is 9.83. The predicted molar refractivity (Wildman–Crippen MR) is 103 cm³/mol. The number of benzene rings is 1. The maximum atomic E-state index is 12.6. The highest BCUT2D eigenvalue weighted by Gasteiger charge is 2.35. The molecule has 0 unspecified atom stereocenters. The number of thioether (sulfide) groups is 1. The van der Waals surface area contributed by atoms with Crippen LogP contribution in [-0.4, -0.2) is 26.4 Å². The number of hydrogen-bond donors (Lipinski definition) is 2. The van der Waals surface area contributed by atoms with Crippen LogP contribution in [-0.2, 0) is 4.79 Å². The average Bonchev–Trinajstić information content (AvgIpc) is 3.03. The van der Waals surface area contributed by atoms with Crippen LogP contribution in [0.15, 0.2) is 41.7 Å². The molecular formula is C19H23N5OS. The Labute approximate surface area is 157 Å². The molecule has 1 aliphatic carbocycles. The maximum Gasteiger partial charge on any atom is 0.234 e. The summed E-state index contributed by atoms with van der Waals surface area (Å²) >= 11 is 1.30. The number of aromatic nitrogens is 2. The molecule has 1 heterocycles. The van der Waals surface area contributed by atoms with Gasteiger partial charge in [-0.25, -0.2) is 9.66 Å². The summed E-state index contributed by atoms with van der Waals surface area (Å²) in [6.07, 6.45) is 6.26. The van der Waals surface area contributed by atoms with E-state index >= 15 is 0 Å². The molecule has 2 aromatic rings. The number of carbonyl (C=O) groups is 1. The van der Waals surface area contributed by atoms with Crippen molar-refractivity contribution < 1.29 is 4.79 Å². The molecule has 6 nitrogen and oxygen atoms in total. The van der Waals surface area contributed by atoms with Gasteiger partial charge in [0.15, 0.2) is 5.16 Å². The van der Waals surface area contributed by atoms with Gasteiger partial charge >= 0.3 is 0 Å². The summed E-state index contributed by atoms with van der Waals surface area (Å²) in [7, 11) is 0. The molecule has 0 radical (unpaired) electrons. The van der Waals surface area contributed by atoms with E-state index in [0.717, 1.165) is 43.4 Å². The van der Waals surface area contributed by atoms with Crippen LogP contribution < -0.4 is 11.2 Å². The van der Waals surface area contributed by atoms with Crippen molar-refractivity contribution in [3.63, 3.8) is 0 Å². The lowest BCUT2D eigenvalue weighted by Gasteiger charge is -2.32. The molecule has 7 heteroatoms. The first kappa shape index (κ1) is 18.3. The summed E-state index contributed by atoms with van der Waals surface area (Å²) in [5, 5.41) is 12.7. The highest BCUT2D eigenvalue weighted by molar-refractivity contribution is 8.00. The van der Waals surface area contributed by atoms with Gasteiger partial charge in [-0.15, -0.1) is 0 Å². The van der Waals surface area contributed by atoms with Gasteiger partial charge in [-0.3, -0.25) is 4.79 Å². The Kier molecular flexibility index (Phi) is 5.52. The molecule has 1 aliphatic rings. The third-order valence-electron chi connectivity index (χ3n) is 4.70. The molecule has 1 aromatic heterocycles. The van der Waals surface area contributed by atoms with Crippen molar-refractivity contribution in [3.05, 3.63) is 36.5 Å². The van der Waals surface area contributed by atoms with Crippen LogP contribution in [0.5, 0.6) is 0 Å². The predicted octanol–water partition coefficient (Wildman–Crippen LogP) is 3.09. The molecule has 1 atom stereocenters. The number of amides is 1. The minimum absolute atomic E-state index is 0.150. The lowest BCUT2D eigenvalue weighted by molar-refractivity contribution is -0.121. The number of carbonyl (C=O) groups excluding carboxylic acids is 1. The van der Waals surface area contributed by atoms with Crippen molar-refractivity contribution in [2.45, 2.75) is 55.0 Å². The van der Waals surface area contributed by atoms with Gasteiger partial charge in [0.25, 0.3) is 0 Å². The second-order valence-corrected chi connectivity index (χ2v) is 7.99. The second-order valence-electron chi connectivity index (χ2n) is 6.69. The van der Waals surface area contributed by atoms with Gasteiger partial charge in [0.05, 0.1) is 23.2 Å². The van der Waals surface area contributed by atoms with Crippen molar-refractivity contribution >= 4 is 17.7 Å². The molecule has 0 bridgehead atoms. The third kappa shape index (κ3) is 4.02. The van der Waals surface area contributed by atoms with Crippen molar-refractivity contribution in [1.29, 1.82) is 5.26 Å². The fraction of sp³-hybridized carbons (Fsp3) is 0.421. The Balaban J connectivity index is 1.68. The van der Waals surface area contributed by atoms with Crippen LogP contribution in [0.2, 0.25) is 0 Å². The Bertz CT molecular complexity index is 805. The zero-order valence-corrected chi connectivity index (χ0v) is 15.6. The van der Waals surface area contributed by atoms with Crippen molar-refractivity contribution in [1.82, 2.24) is 15.0 Å². The largest absolute Gasteiger partial charge is 0.337 e. The van der Waals surface area contributed by atoms with Crippen molar-refractivity contribution in [2.24, 2.45) is 0 Å². The van der Waals surface area contributed by atoms with Crippen LogP contribution in [0.3, 0.4) is 0 Å². The van der Waals surface area contributed by atoms with Gasteiger partial charge in [-0.05, 0) is 19.8 Å². The number of nitrogen functional groups attached to an aromatic ring is 1. The highest BCUT2D eigenvalue weighted by Crippen LogP contribution is 2.30. The second kappa shape index (κ2) is 7.83. The Morgan fingerprint density at radius 3 is 2.69 bits per heavy atom. The molecule has 1 amide bonds. The van der Waals surface area contributed by atoms with Gasteiger partial charge in [0, 0.05) is 5.56 Å². The molecule has 1 fully saturated rings. The zero-order chi connectivity index (χ0) is 18.6. The number of nitrogens with one attached hydrogen (secondary N) is 1. The molecule has 1 aromatic carbocycles. The third-order valence-corrected chi connectivity index (χ3v) is 5.78. The van der Waals surface area contributed by atoms with Crippen molar-refractivity contribution in [3.8, 4) is 17.3 Å². The average molecular weight is 369 g/mol. The summed E-state index contributed by atoms with van der Waals surface area (Å²) in [5.74, 6) is 5.86. The summed E-state index contributed by atoms with van der Waals surface area (Å²) in [6.45, 7) is 1.81. The summed E-state index contributed by atoms with van der Waals surface area (Å²) in [6, 6.07) is 12.1. The van der Waals surface area contributed by atoms with E-state index in [1.165, 1.54) is 16.4 Å². The first-order valence-corrected chi connectivity index (χ1v) is 9.71. The number of imidazole rings is 1. The van der Waals surface area contributed by atoms with E-state index in [0.29, 0.717) is 5.16 Å². The minimum Gasteiger partial charge on any atom is -0.337 e. The van der Waals surface area contributed by atoms with Crippen LogP contribution in [0.25, 0.3) is 11.3 Å². The van der Waals surface area contributed by atoms with E-state index in [1.54, 1.807) is 6.20 Å². The number of nitriles is 1. The highest BCUT2D eigenvalue weighted by atomic mass is 32.2. The summed E-state index contributed by atoms with van der Waals surface area (Å²) in [5.41, 5.74) is 1.02. The Hall–Kier alpha value is -2.46. The number of hydrogen-bond acceptors (Lipinski definition) is 5. The SMILES string of the molecule is C[C@H](Sc1nc(-c2ccccc2)cn1N)C(=O)NC1(C#N)CCCCC1. The summed E-state index contributed by atoms with van der Waals surface area (Å²) in [4.78, 5) is 17.1. The van der Waals surface area contributed by atoms with Crippen LogP contribution in [0, 0.1) is 11.3 Å². The van der Waals surface area contributed by atoms with E-state index < -0.39 is 10.8 Å². The molecule has 0 aliphatic heterocycles. The summed E-state index contributed by atoms with van der Waals surface area (Å²) < 4.78 is 1.44. The standard InChI is InChI=1S/C19H23N5OS/c1-14(17(25)23-19(13-20)10-6-3-7-11-19)26-18-22-16(12-24(18)21)15-8-4-2-5-9-15/h2,4-5,8-9,12,14H,3,6-7,10-11,21H2,1H3,(H,23,25)/t14-/m0/s1. The van der Waals surface area contributed by atoms with Gasteiger partial charge in [0.1, 0.15) is 5.54 Å². The number of rotatable bonds is 5. The first-order chi connectivity index (χ1) is 12.5. The Morgan fingerprint density at radius 2 is 2.04 bits per heavy atom. The Morgan fingerprint density at radius 1 is 1.35 bits per heavy atom. The number of nitrogens with two attached hydrogens (primary N) is 1. The fourth-order valence-electron chi connectivity index (χ4n) is 3.18. The van der Waals surface area contributed by atoms with E-state index in [4.69, 9.17) is 5.84 Å². The van der Waals surface area contributed by atoms with E-state index in [9.17, 15) is 10.1 Å². The van der Waals surface area contributed by atoms with Crippen LogP contribution >= 0.6 is 11.8 Å². The van der Waals surface area contributed by atoms with E-state index in [2.05, 4.69) is 16.4 Å². The van der Waals surface area contributed by atoms with E-state index in [1.807, 2.05) is 37.3 Å². The van der Waals surface area contributed by atoms with Crippen LogP contribution in [0.4, 0.5) is 0 Å². The minimum atomic E-state index is -0.725. The molecule has 1 saturated carbocycles. The van der Waals surface area contributed by atoms with Gasteiger partial charge < -0.3 is 11.2 Å². The maximum absolute atomic E-state index is 12.6. The van der Waals surface area contributed by atoms with Gasteiger partial charge in [-0.2, -0.15) is 5.26 Å². The number of nitrogens with zero attached hydrogens (tertiary/aromatic N) is 3. The topological polar surface area (TPSA) is 96.7 Å². The van der Waals surface area contributed by atoms with Gasteiger partial charge in [-0.1, -0.05) is 61.4 Å². The molecule has 3 rings (SSSR count). The molecule has 3 N–H and O–H groups in total. The van der Waals surface area contributed by atoms with E-state index in [-0.39, 0.29) is 5.91 Å². The first-order valence-electron chi connectivity index (χ1n) is 8.83. The van der Waals surface area contributed by atoms with Gasteiger partial charge in [0.2, 0.25) is 5.91 Å². The monoisotopic (exact) mass is 369 g/mol. The van der Waals surface area contributed by atoms with Crippen molar-refractivity contribution in [2.75, 3.05) is 5.84 Å². The fourth-order valence-corrected chi connectivity index (χ4v) is 3.99. The lowest BCUT2D eigenvalue weighted by Crippen LogP contribution is -2.51. The normalized spacial score (nSPS) is 17.2. The quantitative estimate of drug-likeness (QED) is 0.623. The molecule has 0 saturated heterocycles. The molecule has 136 valence electrons. The molecule has 0 spiro atoms.